The van der Waals surface area contributed by atoms with E-state index in [0.717, 1.165) is 39.0 Å². The summed E-state index contributed by atoms with van der Waals surface area (Å²) in [5, 5.41) is 0. The fraction of sp³-hybridized carbons (Fsp3) is 0.933. The van der Waals surface area contributed by atoms with Gasteiger partial charge in [-0.05, 0) is 38.6 Å². The van der Waals surface area contributed by atoms with Crippen molar-refractivity contribution in [1.82, 2.24) is 4.90 Å². The van der Waals surface area contributed by atoms with E-state index < -0.39 is 0 Å². The van der Waals surface area contributed by atoms with Crippen LogP contribution in [0.15, 0.2) is 0 Å². The highest BCUT2D eigenvalue weighted by Crippen LogP contribution is 2.16. The number of likely N-dealkylation sites (tertiary alicyclic amines) is 1. The number of nitrogens with two attached hydrogens (primary N) is 1. The Bertz CT molecular complexity index is 266. The minimum absolute atomic E-state index is 0.262. The zero-order chi connectivity index (χ0) is 14.8. The van der Waals surface area contributed by atoms with Crippen molar-refractivity contribution in [3.05, 3.63) is 0 Å². The molecule has 1 atom stereocenters. The third kappa shape index (κ3) is 6.68. The molecule has 0 aliphatic carbocycles. The van der Waals surface area contributed by atoms with Gasteiger partial charge in [-0.2, -0.15) is 0 Å². The quantitative estimate of drug-likeness (QED) is 0.651. The molecule has 0 radical (unpaired) electrons. The van der Waals surface area contributed by atoms with Crippen molar-refractivity contribution in [2.45, 2.75) is 45.6 Å². The van der Waals surface area contributed by atoms with E-state index in [9.17, 15) is 4.79 Å². The molecule has 1 saturated heterocycles. The maximum absolute atomic E-state index is 12.0. The second kappa shape index (κ2) is 10.1. The van der Waals surface area contributed by atoms with E-state index in [1.54, 1.807) is 0 Å². The van der Waals surface area contributed by atoms with Gasteiger partial charge in [0.15, 0.2) is 0 Å². The summed E-state index contributed by atoms with van der Waals surface area (Å²) in [6.45, 7) is 8.40. The standard InChI is InChI=1S/C15H30N2O3/c1-3-19-10-11-20-14-6-8-17(9-7-14)15(18)5-4-13(2)12-16/h13-14H,3-12,16H2,1-2H3. The number of nitrogens with zero attached hydrogens (tertiary/aromatic N) is 1. The molecule has 5 heteroatoms. The predicted molar refractivity (Wildman–Crippen MR) is 79.5 cm³/mol. The van der Waals surface area contributed by atoms with E-state index in [0.29, 0.717) is 32.1 Å². The molecule has 2 N–H and O–H groups in total. The monoisotopic (exact) mass is 286 g/mol. The Morgan fingerprint density at radius 3 is 2.65 bits per heavy atom. The van der Waals surface area contributed by atoms with Crippen molar-refractivity contribution in [2.75, 3.05) is 39.5 Å². The fourth-order valence-electron chi connectivity index (χ4n) is 2.34. The molecule has 5 nitrogen and oxygen atoms in total. The predicted octanol–water partition coefficient (Wildman–Crippen LogP) is 1.41. The molecule has 0 spiro atoms. The van der Waals surface area contributed by atoms with Crippen molar-refractivity contribution in [3.63, 3.8) is 0 Å². The van der Waals surface area contributed by atoms with Gasteiger partial charge in [0.2, 0.25) is 5.91 Å². The van der Waals surface area contributed by atoms with E-state index in [1.165, 1.54) is 0 Å². The number of rotatable bonds is 9. The first-order valence-corrected chi connectivity index (χ1v) is 7.84. The normalized spacial score (nSPS) is 18.2. The Balaban J connectivity index is 2.13. The second-order valence-corrected chi connectivity index (χ2v) is 5.53. The topological polar surface area (TPSA) is 64.8 Å². The molecule has 1 unspecified atom stereocenters. The number of hydrogen-bond donors (Lipinski definition) is 1. The molecular weight excluding hydrogens is 256 g/mol. The Morgan fingerprint density at radius 2 is 2.05 bits per heavy atom. The molecule has 1 amide bonds. The van der Waals surface area contributed by atoms with Gasteiger partial charge in [0.25, 0.3) is 0 Å². The molecule has 1 fully saturated rings. The lowest BCUT2D eigenvalue weighted by molar-refractivity contribution is -0.134. The van der Waals surface area contributed by atoms with Crippen LogP contribution >= 0.6 is 0 Å². The fourth-order valence-corrected chi connectivity index (χ4v) is 2.34. The van der Waals surface area contributed by atoms with Crippen LogP contribution in [0.2, 0.25) is 0 Å². The Hall–Kier alpha value is -0.650. The first-order valence-electron chi connectivity index (χ1n) is 7.84. The summed E-state index contributed by atoms with van der Waals surface area (Å²) in [4.78, 5) is 14.0. The molecule has 1 heterocycles. The number of amides is 1. The largest absolute Gasteiger partial charge is 0.379 e. The van der Waals surface area contributed by atoms with Gasteiger partial charge in [-0.25, -0.2) is 0 Å². The highest BCUT2D eigenvalue weighted by Gasteiger charge is 2.23. The van der Waals surface area contributed by atoms with Gasteiger partial charge in [0, 0.05) is 26.1 Å². The van der Waals surface area contributed by atoms with E-state index in [4.69, 9.17) is 15.2 Å². The zero-order valence-electron chi connectivity index (χ0n) is 13.0. The molecule has 0 aromatic carbocycles. The minimum atomic E-state index is 0.262. The number of carbonyl (C=O) groups excluding carboxylic acids is 1. The first kappa shape index (κ1) is 17.4. The summed E-state index contributed by atoms with van der Waals surface area (Å²) in [5.74, 6) is 0.691. The van der Waals surface area contributed by atoms with Crippen molar-refractivity contribution >= 4 is 5.91 Å². The van der Waals surface area contributed by atoms with E-state index in [1.807, 2.05) is 11.8 Å². The van der Waals surface area contributed by atoms with Crippen LogP contribution in [0.4, 0.5) is 0 Å². The summed E-state index contributed by atoms with van der Waals surface area (Å²) in [6, 6.07) is 0. The van der Waals surface area contributed by atoms with Gasteiger partial charge in [0.1, 0.15) is 0 Å². The molecule has 0 bridgehead atoms. The van der Waals surface area contributed by atoms with Crippen molar-refractivity contribution in [3.8, 4) is 0 Å². The lowest BCUT2D eigenvalue weighted by Crippen LogP contribution is -2.41. The Kier molecular flexibility index (Phi) is 8.82. The average Bonchev–Trinajstić information content (AvgIpc) is 2.49. The van der Waals surface area contributed by atoms with Crippen LogP contribution in [0.3, 0.4) is 0 Å². The molecule has 118 valence electrons. The van der Waals surface area contributed by atoms with Crippen molar-refractivity contribution in [1.29, 1.82) is 0 Å². The van der Waals surface area contributed by atoms with E-state index >= 15 is 0 Å². The third-order valence-electron chi connectivity index (χ3n) is 3.83. The van der Waals surface area contributed by atoms with Gasteiger partial charge in [-0.3, -0.25) is 4.79 Å². The molecule has 0 saturated carbocycles. The van der Waals surface area contributed by atoms with Crippen LogP contribution in [-0.4, -0.2) is 56.4 Å². The van der Waals surface area contributed by atoms with E-state index in [2.05, 4.69) is 6.92 Å². The number of ether oxygens (including phenoxy) is 2. The molecule has 0 aromatic rings. The molecule has 1 aliphatic heterocycles. The third-order valence-corrected chi connectivity index (χ3v) is 3.83. The van der Waals surface area contributed by atoms with Crippen LogP contribution in [0.1, 0.15) is 39.5 Å². The lowest BCUT2D eigenvalue weighted by atomic mass is 10.0. The minimum Gasteiger partial charge on any atom is -0.379 e. The Morgan fingerprint density at radius 1 is 1.35 bits per heavy atom. The van der Waals surface area contributed by atoms with Gasteiger partial charge in [0.05, 0.1) is 19.3 Å². The summed E-state index contributed by atoms with van der Waals surface area (Å²) in [5.41, 5.74) is 5.57. The molecule has 20 heavy (non-hydrogen) atoms. The first-order chi connectivity index (χ1) is 9.67. The smallest absolute Gasteiger partial charge is 0.222 e. The number of carbonyl (C=O) groups is 1. The van der Waals surface area contributed by atoms with Gasteiger partial charge in [-0.1, -0.05) is 6.92 Å². The van der Waals surface area contributed by atoms with Crippen molar-refractivity contribution < 1.29 is 14.3 Å². The molecular formula is C15H30N2O3. The van der Waals surface area contributed by atoms with Gasteiger partial charge < -0.3 is 20.1 Å². The molecule has 1 aliphatic rings. The van der Waals surface area contributed by atoms with Crippen LogP contribution in [0, 0.1) is 5.92 Å². The second-order valence-electron chi connectivity index (χ2n) is 5.53. The lowest BCUT2D eigenvalue weighted by Gasteiger charge is -2.32. The Labute approximate surface area is 122 Å². The average molecular weight is 286 g/mol. The summed E-state index contributed by atoms with van der Waals surface area (Å²) < 4.78 is 11.0. The highest BCUT2D eigenvalue weighted by atomic mass is 16.5. The van der Waals surface area contributed by atoms with Crippen LogP contribution in [0.25, 0.3) is 0 Å². The molecule has 0 aromatic heterocycles. The number of hydrogen-bond acceptors (Lipinski definition) is 4. The maximum Gasteiger partial charge on any atom is 0.222 e. The summed E-state index contributed by atoms with van der Waals surface area (Å²) in [6.07, 6.45) is 3.66. The van der Waals surface area contributed by atoms with Crippen molar-refractivity contribution in [2.24, 2.45) is 11.7 Å². The maximum atomic E-state index is 12.0. The van der Waals surface area contributed by atoms with Crippen LogP contribution < -0.4 is 5.73 Å². The highest BCUT2D eigenvalue weighted by molar-refractivity contribution is 5.76. The van der Waals surface area contributed by atoms with Gasteiger partial charge >= 0.3 is 0 Å². The van der Waals surface area contributed by atoms with Gasteiger partial charge in [-0.15, -0.1) is 0 Å². The summed E-state index contributed by atoms with van der Waals surface area (Å²) >= 11 is 0. The van der Waals surface area contributed by atoms with Crippen LogP contribution in [-0.2, 0) is 14.3 Å². The molecule has 1 rings (SSSR count). The SMILES string of the molecule is CCOCCOC1CCN(C(=O)CCC(C)CN)CC1. The number of piperidine rings is 1. The zero-order valence-corrected chi connectivity index (χ0v) is 13.0. The summed E-state index contributed by atoms with van der Waals surface area (Å²) in [7, 11) is 0. The van der Waals surface area contributed by atoms with E-state index in [-0.39, 0.29) is 12.0 Å². The van der Waals surface area contributed by atoms with Crippen LogP contribution in [0.5, 0.6) is 0 Å².